The van der Waals surface area contributed by atoms with E-state index in [0.717, 1.165) is 6.08 Å². The summed E-state index contributed by atoms with van der Waals surface area (Å²) in [7, 11) is -4.78. The number of nitrogens with one attached hydrogen (secondary N) is 1. The molecule has 0 spiro atoms. The molecule has 0 saturated carbocycles. The zero-order valence-corrected chi connectivity index (χ0v) is 22.7. The number of rotatable bonds is 16. The molecule has 1 rings (SSSR count). The summed E-state index contributed by atoms with van der Waals surface area (Å²) in [6.07, 6.45) is 25.2. The molecule has 0 radical (unpaired) electrons. The van der Waals surface area contributed by atoms with Crippen LogP contribution in [0.2, 0.25) is 0 Å². The molecule has 31 heavy (non-hydrogen) atoms. The third-order valence-electron chi connectivity index (χ3n) is 6.04. The number of carbonyl (C=O) groups is 1. The Labute approximate surface area is 193 Å². The minimum atomic E-state index is -3.85. The van der Waals surface area contributed by atoms with Gasteiger partial charge >= 0.3 is 147 Å². The number of allylic oxidation sites excluding steroid dienone is 1. The van der Waals surface area contributed by atoms with Crippen LogP contribution in [0.15, 0.2) is 11.8 Å². The van der Waals surface area contributed by atoms with Crippen LogP contribution in [0.5, 0.6) is 0 Å². The third kappa shape index (κ3) is 15.8. The second-order valence-corrected chi connectivity index (χ2v) is 15.4. The molecule has 5 nitrogen and oxygen atoms in total. The van der Waals surface area contributed by atoms with Crippen LogP contribution in [0.4, 0.5) is 0 Å². The monoisotopic (exact) mass is 479 g/mol. The zero-order chi connectivity index (χ0) is 23.6. The van der Waals surface area contributed by atoms with Gasteiger partial charge in [0, 0.05) is 6.08 Å². The van der Waals surface area contributed by atoms with Gasteiger partial charge in [0.1, 0.15) is 5.76 Å². The molecule has 0 fully saturated rings. The average molecular weight is 480 g/mol. The molecular formula is C24H50NO4PS. The summed E-state index contributed by atoms with van der Waals surface area (Å²) in [6, 6.07) is 0. The van der Waals surface area contributed by atoms with Crippen molar-refractivity contribution in [1.29, 1.82) is 0 Å². The minimum absolute atomic E-state index is 0.0729. The average Bonchev–Trinajstić information content (AvgIpc) is 2.70. The van der Waals surface area contributed by atoms with Crippen molar-refractivity contribution in [2.75, 3.05) is 24.6 Å². The van der Waals surface area contributed by atoms with Crippen LogP contribution in [0.25, 0.3) is 0 Å². The van der Waals surface area contributed by atoms with Crippen molar-refractivity contribution in [3.05, 3.63) is 11.8 Å². The summed E-state index contributed by atoms with van der Waals surface area (Å²) in [5, 5.41) is 0. The van der Waals surface area contributed by atoms with Gasteiger partial charge in [-0.15, -0.1) is 0 Å². The van der Waals surface area contributed by atoms with Crippen molar-refractivity contribution < 1.29 is 17.4 Å². The Bertz CT molecular complexity index is 583. The second kappa shape index (κ2) is 17.9. The Kier molecular flexibility index (Phi) is 17.5. The first kappa shape index (κ1) is 30.4. The molecule has 0 bridgehead atoms. The van der Waals surface area contributed by atoms with Gasteiger partial charge in [-0.25, -0.2) is 4.72 Å². The molecule has 0 atom stereocenters. The van der Waals surface area contributed by atoms with Crippen LogP contribution < -0.4 is 4.72 Å². The van der Waals surface area contributed by atoms with E-state index >= 15 is 0 Å². The van der Waals surface area contributed by atoms with Crippen LogP contribution in [0.3, 0.4) is 0 Å². The molecule has 1 amide bonds. The van der Waals surface area contributed by atoms with Crippen molar-refractivity contribution in [1.82, 2.24) is 4.72 Å². The Morgan fingerprint density at radius 1 is 0.742 bits per heavy atom. The Balaban J connectivity index is 0.000000743. The third-order valence-corrected chi connectivity index (χ3v) is 12.6. The number of amides is 1. The topological polar surface area (TPSA) is 72.5 Å². The van der Waals surface area contributed by atoms with Gasteiger partial charge in [-0.05, 0) is 6.92 Å². The fourth-order valence-electron chi connectivity index (χ4n) is 4.24. The van der Waals surface area contributed by atoms with E-state index in [1.165, 1.54) is 77.6 Å². The predicted molar refractivity (Wildman–Crippen MR) is 138 cm³/mol. The van der Waals surface area contributed by atoms with Crippen molar-refractivity contribution in [2.24, 2.45) is 0 Å². The van der Waals surface area contributed by atoms with E-state index in [4.69, 9.17) is 0 Å². The first-order valence-corrected chi connectivity index (χ1v) is 16.9. The van der Waals surface area contributed by atoms with Gasteiger partial charge in [0.25, 0.3) is 5.91 Å². The summed E-state index contributed by atoms with van der Waals surface area (Å²) in [5.41, 5.74) is 0. The molecule has 1 N–H and O–H groups in total. The van der Waals surface area contributed by atoms with Gasteiger partial charge in [-0.2, -0.15) is 8.42 Å². The quantitative estimate of drug-likeness (QED) is 0.196. The Morgan fingerprint density at radius 3 is 1.58 bits per heavy atom. The second-order valence-electron chi connectivity index (χ2n) is 9.09. The molecule has 0 aromatic heterocycles. The Morgan fingerprint density at radius 2 is 1.16 bits per heavy atom. The van der Waals surface area contributed by atoms with Gasteiger partial charge < -0.3 is 4.18 Å². The molecule has 0 aromatic carbocycles. The fraction of sp³-hybridized carbons (Fsp3) is 0.875. The summed E-state index contributed by atoms with van der Waals surface area (Å²) < 4.78 is 26.8. The molecule has 0 aliphatic carbocycles. The van der Waals surface area contributed by atoms with Crippen LogP contribution >= 0.6 is 7.26 Å². The van der Waals surface area contributed by atoms with E-state index in [-0.39, 0.29) is 5.76 Å². The standard InChI is InChI=1S/C20H45P.C4H5NO4S/c1-5-9-13-14-15-16-20-21(17-10-6-2,18-11-7-3)19-12-8-4;1-3-2-4(6)5-10(7,8)9-3/h21H,5-20H2,1-4H3;2H,1H3,(H,5,6). The zero-order valence-electron chi connectivity index (χ0n) is 20.9. The summed E-state index contributed by atoms with van der Waals surface area (Å²) >= 11 is 0. The number of unbranched alkanes of at least 4 members (excludes halogenated alkanes) is 8. The van der Waals surface area contributed by atoms with Crippen LogP contribution in [-0.4, -0.2) is 39.0 Å². The normalized spacial score (nSPS) is 15.9. The molecule has 1 heterocycles. The summed E-state index contributed by atoms with van der Waals surface area (Å²) in [4.78, 5) is 10.4. The molecule has 0 unspecified atom stereocenters. The van der Waals surface area contributed by atoms with Crippen molar-refractivity contribution >= 4 is 23.5 Å². The molecule has 1 aliphatic rings. The summed E-state index contributed by atoms with van der Waals surface area (Å²) in [5.74, 6) is -0.604. The van der Waals surface area contributed by atoms with Crippen molar-refractivity contribution in [3.8, 4) is 0 Å². The van der Waals surface area contributed by atoms with E-state index in [0.29, 0.717) is 0 Å². The van der Waals surface area contributed by atoms with Crippen LogP contribution in [0.1, 0.15) is 112 Å². The van der Waals surface area contributed by atoms with E-state index in [1.807, 2.05) is 0 Å². The molecule has 0 saturated heterocycles. The fourth-order valence-corrected chi connectivity index (χ4v) is 10.8. The molecule has 1 aliphatic heterocycles. The molecule has 7 heteroatoms. The summed E-state index contributed by atoms with van der Waals surface area (Å²) in [6.45, 7) is 10.8. The number of hydrogen-bond acceptors (Lipinski definition) is 4. The van der Waals surface area contributed by atoms with E-state index in [2.05, 4.69) is 31.9 Å². The molecular weight excluding hydrogens is 429 g/mol. The first-order chi connectivity index (χ1) is 14.7. The van der Waals surface area contributed by atoms with Crippen molar-refractivity contribution in [2.45, 2.75) is 112 Å². The van der Waals surface area contributed by atoms with E-state index in [1.54, 1.807) is 35.8 Å². The molecule has 0 aromatic rings. The van der Waals surface area contributed by atoms with Gasteiger partial charge in [0.05, 0.1) is 0 Å². The van der Waals surface area contributed by atoms with E-state index < -0.39 is 23.5 Å². The first-order valence-electron chi connectivity index (χ1n) is 12.7. The maximum atomic E-state index is 10.5. The maximum absolute atomic E-state index is 10.5. The van der Waals surface area contributed by atoms with Gasteiger partial charge in [-0.3, -0.25) is 4.79 Å². The van der Waals surface area contributed by atoms with E-state index in [9.17, 15) is 13.2 Å². The molecule has 186 valence electrons. The number of hydrogen-bond donors (Lipinski definition) is 1. The predicted octanol–water partition coefficient (Wildman–Crippen LogP) is 6.78. The van der Waals surface area contributed by atoms with Crippen LogP contribution in [-0.2, 0) is 19.3 Å². The van der Waals surface area contributed by atoms with Gasteiger partial charge in [-0.1, -0.05) is 0 Å². The SMILES string of the molecule is CC1=CC(=O)NS(=O)(=O)O1.CCCCCCCC[PH](CCCC)(CCCC)CCCC. The van der Waals surface area contributed by atoms with Crippen LogP contribution in [0, 0.1) is 0 Å². The van der Waals surface area contributed by atoms with Gasteiger partial charge in [0.15, 0.2) is 0 Å². The number of carbonyl (C=O) groups excluding carboxylic acids is 1. The Hall–Kier alpha value is -0.610. The van der Waals surface area contributed by atoms with Gasteiger partial charge in [0.2, 0.25) is 0 Å². The van der Waals surface area contributed by atoms with Crippen molar-refractivity contribution in [3.63, 3.8) is 0 Å².